The van der Waals surface area contributed by atoms with Crippen LogP contribution in [0.25, 0.3) is 0 Å². The molecule has 0 unspecified atom stereocenters. The van der Waals surface area contributed by atoms with Gasteiger partial charge in [-0.05, 0) is 12.5 Å². The van der Waals surface area contributed by atoms with E-state index in [0.29, 0.717) is 11.9 Å². The van der Waals surface area contributed by atoms with Gasteiger partial charge in [-0.2, -0.15) is 0 Å². The van der Waals surface area contributed by atoms with Crippen molar-refractivity contribution in [3.8, 4) is 5.88 Å². The molecule has 0 radical (unpaired) electrons. The zero-order valence-corrected chi connectivity index (χ0v) is 10.6. The summed E-state index contributed by atoms with van der Waals surface area (Å²) in [6.07, 6.45) is 4.27. The number of piperazine rings is 1. The van der Waals surface area contributed by atoms with Crippen LogP contribution in [0.4, 0.5) is 5.69 Å². The van der Waals surface area contributed by atoms with E-state index in [4.69, 9.17) is 4.74 Å². The van der Waals surface area contributed by atoms with Gasteiger partial charge in [-0.3, -0.25) is 0 Å². The average molecular weight is 235 g/mol. The van der Waals surface area contributed by atoms with Gasteiger partial charge in [-0.25, -0.2) is 4.98 Å². The van der Waals surface area contributed by atoms with E-state index < -0.39 is 0 Å². The maximum Gasteiger partial charge on any atom is 0.214 e. The number of anilines is 1. The molecule has 1 aliphatic rings. The highest BCUT2D eigenvalue weighted by atomic mass is 16.5. The highest BCUT2D eigenvalue weighted by Gasteiger charge is 2.18. The quantitative estimate of drug-likeness (QED) is 0.861. The van der Waals surface area contributed by atoms with Crippen molar-refractivity contribution < 1.29 is 4.74 Å². The molecule has 4 heteroatoms. The highest BCUT2D eigenvalue weighted by molar-refractivity contribution is 5.48. The van der Waals surface area contributed by atoms with E-state index in [-0.39, 0.29) is 0 Å². The van der Waals surface area contributed by atoms with Crippen molar-refractivity contribution in [1.29, 1.82) is 0 Å². The summed E-state index contributed by atoms with van der Waals surface area (Å²) in [5, 5.41) is 3.56. The number of hydrogen-bond acceptors (Lipinski definition) is 4. The predicted octanol–water partition coefficient (Wildman–Crippen LogP) is 1.67. The van der Waals surface area contributed by atoms with Crippen LogP contribution >= 0.6 is 0 Å². The van der Waals surface area contributed by atoms with Gasteiger partial charge in [0.2, 0.25) is 5.88 Å². The Balaban J connectivity index is 2.05. The lowest BCUT2D eigenvalue weighted by atomic mass is 10.1. The van der Waals surface area contributed by atoms with Gasteiger partial charge in [0, 0.05) is 43.6 Å². The van der Waals surface area contributed by atoms with Crippen LogP contribution < -0.4 is 15.0 Å². The van der Waals surface area contributed by atoms with E-state index in [1.807, 2.05) is 12.3 Å². The van der Waals surface area contributed by atoms with Gasteiger partial charge in [0.15, 0.2) is 0 Å². The fraction of sp³-hybridized carbons (Fsp3) is 0.615. The first kappa shape index (κ1) is 12.2. The second-order valence-corrected chi connectivity index (χ2v) is 4.44. The lowest BCUT2D eigenvalue weighted by Crippen LogP contribution is -2.50. The molecule has 17 heavy (non-hydrogen) atoms. The van der Waals surface area contributed by atoms with Crippen molar-refractivity contribution in [3.63, 3.8) is 0 Å². The number of pyridine rings is 1. The maximum atomic E-state index is 5.17. The Hall–Kier alpha value is -1.29. The third-order valence-electron chi connectivity index (χ3n) is 3.19. The van der Waals surface area contributed by atoms with Crippen molar-refractivity contribution in [2.45, 2.75) is 25.8 Å². The minimum atomic E-state index is 0.605. The van der Waals surface area contributed by atoms with E-state index in [9.17, 15) is 0 Å². The third-order valence-corrected chi connectivity index (χ3v) is 3.19. The monoisotopic (exact) mass is 235 g/mol. The molecule has 0 spiro atoms. The molecule has 1 saturated heterocycles. The molecular weight excluding hydrogens is 214 g/mol. The van der Waals surface area contributed by atoms with Crippen LogP contribution in [-0.4, -0.2) is 37.8 Å². The van der Waals surface area contributed by atoms with E-state index in [1.54, 1.807) is 7.11 Å². The van der Waals surface area contributed by atoms with Crippen molar-refractivity contribution in [3.05, 3.63) is 18.3 Å². The van der Waals surface area contributed by atoms with E-state index in [2.05, 4.69) is 28.2 Å². The Kier molecular flexibility index (Phi) is 4.20. The summed E-state index contributed by atoms with van der Waals surface area (Å²) in [6, 6.07) is 4.67. The summed E-state index contributed by atoms with van der Waals surface area (Å²) in [5.74, 6) is 0.688. The Morgan fingerprint density at radius 2 is 2.47 bits per heavy atom. The number of aromatic nitrogens is 1. The molecule has 2 heterocycles. The molecule has 1 aliphatic heterocycles. The summed E-state index contributed by atoms with van der Waals surface area (Å²) in [6.45, 7) is 5.40. The van der Waals surface area contributed by atoms with Crippen LogP contribution in [-0.2, 0) is 0 Å². The molecule has 4 nitrogen and oxygen atoms in total. The maximum absolute atomic E-state index is 5.17. The molecule has 0 aromatic carbocycles. The normalized spacial score (nSPS) is 20.4. The van der Waals surface area contributed by atoms with Crippen LogP contribution in [0, 0.1) is 0 Å². The van der Waals surface area contributed by atoms with Crippen molar-refractivity contribution in [2.24, 2.45) is 0 Å². The zero-order valence-electron chi connectivity index (χ0n) is 10.6. The van der Waals surface area contributed by atoms with Crippen LogP contribution in [0.15, 0.2) is 18.3 Å². The fourth-order valence-corrected chi connectivity index (χ4v) is 2.31. The lowest BCUT2D eigenvalue weighted by molar-refractivity contribution is 0.396. The third kappa shape index (κ3) is 3.09. The topological polar surface area (TPSA) is 37.4 Å². The first-order chi connectivity index (χ1) is 8.33. The molecule has 1 aromatic rings. The van der Waals surface area contributed by atoms with Crippen LogP contribution in [0.5, 0.6) is 5.88 Å². The molecule has 0 aliphatic carbocycles. The van der Waals surface area contributed by atoms with Gasteiger partial charge in [0.1, 0.15) is 0 Å². The van der Waals surface area contributed by atoms with Gasteiger partial charge in [-0.15, -0.1) is 0 Å². The van der Waals surface area contributed by atoms with Crippen LogP contribution in [0.3, 0.4) is 0 Å². The summed E-state index contributed by atoms with van der Waals surface area (Å²) >= 11 is 0. The van der Waals surface area contributed by atoms with Gasteiger partial charge >= 0.3 is 0 Å². The number of nitrogens with zero attached hydrogens (tertiary/aromatic N) is 2. The highest BCUT2D eigenvalue weighted by Crippen LogP contribution is 2.20. The Morgan fingerprint density at radius 3 is 3.24 bits per heavy atom. The van der Waals surface area contributed by atoms with Crippen LogP contribution in [0.1, 0.15) is 19.8 Å². The SMILES string of the molecule is CCC[C@H]1CN(c2ccnc(OC)c2)CCN1. The molecule has 1 N–H and O–H groups in total. The fourth-order valence-electron chi connectivity index (χ4n) is 2.31. The van der Waals surface area contributed by atoms with Crippen molar-refractivity contribution in [1.82, 2.24) is 10.3 Å². The molecule has 2 rings (SSSR count). The molecule has 0 amide bonds. The molecule has 0 bridgehead atoms. The van der Waals surface area contributed by atoms with Crippen molar-refractivity contribution in [2.75, 3.05) is 31.6 Å². The molecule has 94 valence electrons. The molecule has 1 atom stereocenters. The van der Waals surface area contributed by atoms with Crippen molar-refractivity contribution >= 4 is 5.69 Å². The number of nitrogens with one attached hydrogen (secondary N) is 1. The largest absolute Gasteiger partial charge is 0.481 e. The van der Waals surface area contributed by atoms with Gasteiger partial charge in [-0.1, -0.05) is 13.3 Å². The average Bonchev–Trinajstić information content (AvgIpc) is 2.40. The standard InChI is InChI=1S/C13H21N3O/c1-3-4-11-10-16(8-7-14-11)12-5-6-15-13(9-12)17-2/h5-6,9,11,14H,3-4,7-8,10H2,1-2H3/t11-/m0/s1. The first-order valence-corrected chi connectivity index (χ1v) is 6.32. The number of methoxy groups -OCH3 is 1. The predicted molar refractivity (Wildman–Crippen MR) is 69.7 cm³/mol. The van der Waals surface area contributed by atoms with Gasteiger partial charge < -0.3 is 15.0 Å². The smallest absolute Gasteiger partial charge is 0.214 e. The Bertz CT molecular complexity index is 354. The Morgan fingerprint density at radius 1 is 1.59 bits per heavy atom. The van der Waals surface area contributed by atoms with E-state index in [0.717, 1.165) is 19.6 Å². The molecule has 1 fully saturated rings. The summed E-state index contributed by atoms with van der Waals surface area (Å²) in [4.78, 5) is 6.55. The number of rotatable bonds is 4. The van der Waals surface area contributed by atoms with Gasteiger partial charge in [0.25, 0.3) is 0 Å². The van der Waals surface area contributed by atoms with E-state index >= 15 is 0 Å². The second-order valence-electron chi connectivity index (χ2n) is 4.44. The molecular formula is C13H21N3O. The molecule has 0 saturated carbocycles. The summed E-state index contributed by atoms with van der Waals surface area (Å²) in [7, 11) is 1.66. The first-order valence-electron chi connectivity index (χ1n) is 6.32. The summed E-state index contributed by atoms with van der Waals surface area (Å²) in [5.41, 5.74) is 1.21. The minimum absolute atomic E-state index is 0.605. The number of ether oxygens (including phenoxy) is 1. The lowest BCUT2D eigenvalue weighted by Gasteiger charge is -2.35. The van der Waals surface area contributed by atoms with Crippen LogP contribution in [0.2, 0.25) is 0 Å². The summed E-state index contributed by atoms with van der Waals surface area (Å²) < 4.78 is 5.17. The Labute approximate surface area is 103 Å². The minimum Gasteiger partial charge on any atom is -0.481 e. The number of hydrogen-bond donors (Lipinski definition) is 1. The second kappa shape index (κ2) is 5.87. The van der Waals surface area contributed by atoms with E-state index in [1.165, 1.54) is 18.5 Å². The van der Waals surface area contributed by atoms with Gasteiger partial charge in [0.05, 0.1) is 7.11 Å². The molecule has 1 aromatic heterocycles. The zero-order chi connectivity index (χ0) is 12.1.